The van der Waals surface area contributed by atoms with Gasteiger partial charge in [-0.2, -0.15) is 4.98 Å². The van der Waals surface area contributed by atoms with Crippen molar-refractivity contribution in [1.82, 2.24) is 9.97 Å². The second-order valence-electron chi connectivity index (χ2n) is 4.32. The van der Waals surface area contributed by atoms with Gasteiger partial charge in [-0.15, -0.1) is 0 Å². The lowest BCUT2D eigenvalue weighted by molar-refractivity contribution is 0.725. The van der Waals surface area contributed by atoms with Crippen LogP contribution in [0, 0.1) is 0 Å². The summed E-state index contributed by atoms with van der Waals surface area (Å²) in [5.41, 5.74) is 3.48. The molecule has 2 rings (SSSR count). The molecule has 0 aliphatic carbocycles. The van der Waals surface area contributed by atoms with Crippen LogP contribution < -0.4 is 16.2 Å². The molecule has 0 radical (unpaired) electrons. The maximum absolute atomic E-state index is 6.25. The van der Waals surface area contributed by atoms with Crippen LogP contribution in [0.5, 0.6) is 0 Å². The number of aromatic nitrogens is 2. The van der Waals surface area contributed by atoms with Crippen molar-refractivity contribution < 1.29 is 0 Å². The molecule has 1 atom stereocenters. The van der Waals surface area contributed by atoms with Crippen molar-refractivity contribution in [2.45, 2.75) is 13.0 Å². The Morgan fingerprint density at radius 3 is 2.75 bits per heavy atom. The van der Waals surface area contributed by atoms with Gasteiger partial charge in [-0.05, 0) is 34.5 Å². The molecule has 2 aromatic rings. The Kier molecular flexibility index (Phi) is 4.80. The highest BCUT2D eigenvalue weighted by molar-refractivity contribution is 9.10. The third-order valence-corrected chi connectivity index (χ3v) is 4.03. The molecule has 0 saturated heterocycles. The average molecular weight is 357 g/mol. The van der Waals surface area contributed by atoms with Gasteiger partial charge in [-0.1, -0.05) is 29.8 Å². The number of halogens is 2. The van der Waals surface area contributed by atoms with Gasteiger partial charge in [0.1, 0.15) is 5.82 Å². The summed E-state index contributed by atoms with van der Waals surface area (Å²) in [5.74, 6) is 6.45. The summed E-state index contributed by atoms with van der Waals surface area (Å²) in [6, 6.07) is 7.81. The van der Waals surface area contributed by atoms with Crippen molar-refractivity contribution in [2.24, 2.45) is 5.84 Å². The zero-order valence-corrected chi connectivity index (χ0v) is 13.5. The normalized spacial score (nSPS) is 12.1. The van der Waals surface area contributed by atoms with Crippen molar-refractivity contribution in [3.05, 3.63) is 45.5 Å². The van der Waals surface area contributed by atoms with Crippen LogP contribution >= 0.6 is 27.5 Å². The molecule has 20 heavy (non-hydrogen) atoms. The largest absolute Gasteiger partial charge is 0.352 e. The smallest absolute Gasteiger partial charge is 0.239 e. The number of hydrogen-bond donors (Lipinski definition) is 2. The molecule has 0 fully saturated rings. The Labute approximate surface area is 131 Å². The fraction of sp³-hybridized carbons (Fsp3) is 0.231. The molecule has 3 N–H and O–H groups in total. The average Bonchev–Trinajstić information content (AvgIpc) is 2.47. The molecule has 1 unspecified atom stereocenters. The maximum Gasteiger partial charge on any atom is 0.239 e. The van der Waals surface area contributed by atoms with Crippen LogP contribution in [0.25, 0.3) is 0 Å². The van der Waals surface area contributed by atoms with E-state index in [4.69, 9.17) is 17.4 Å². The maximum atomic E-state index is 6.25. The summed E-state index contributed by atoms with van der Waals surface area (Å²) < 4.78 is 0.790. The predicted octanol–water partition coefficient (Wildman–Crippen LogP) is 3.38. The molecular formula is C13H15BrClN5. The number of anilines is 2. The molecule has 0 saturated carbocycles. The lowest BCUT2D eigenvalue weighted by atomic mass is 10.1. The first-order valence-corrected chi connectivity index (χ1v) is 7.18. The quantitative estimate of drug-likeness (QED) is 0.649. The fourth-order valence-corrected chi connectivity index (χ4v) is 2.65. The Hall–Kier alpha value is -1.37. The summed E-state index contributed by atoms with van der Waals surface area (Å²) in [6.07, 6.45) is 1.66. The van der Waals surface area contributed by atoms with Crippen LogP contribution in [0.3, 0.4) is 0 Å². The van der Waals surface area contributed by atoms with E-state index in [-0.39, 0.29) is 6.04 Å². The van der Waals surface area contributed by atoms with Crippen LogP contribution in [-0.4, -0.2) is 17.0 Å². The number of benzene rings is 1. The zero-order valence-electron chi connectivity index (χ0n) is 11.1. The fourth-order valence-electron chi connectivity index (χ4n) is 1.88. The zero-order chi connectivity index (χ0) is 14.7. The predicted molar refractivity (Wildman–Crippen MR) is 85.8 cm³/mol. The van der Waals surface area contributed by atoms with Crippen LogP contribution in [0.2, 0.25) is 5.02 Å². The number of hydrazine groups is 1. The molecule has 0 aliphatic rings. The van der Waals surface area contributed by atoms with E-state index in [0.717, 1.165) is 20.9 Å². The van der Waals surface area contributed by atoms with Crippen molar-refractivity contribution in [2.75, 3.05) is 17.4 Å². The van der Waals surface area contributed by atoms with Crippen molar-refractivity contribution in [3.8, 4) is 0 Å². The number of nitrogens with two attached hydrogens (primary N) is 1. The van der Waals surface area contributed by atoms with E-state index in [1.807, 2.05) is 36.2 Å². The summed E-state index contributed by atoms with van der Waals surface area (Å²) >= 11 is 9.70. The van der Waals surface area contributed by atoms with E-state index in [1.54, 1.807) is 6.20 Å². The van der Waals surface area contributed by atoms with E-state index >= 15 is 0 Å². The van der Waals surface area contributed by atoms with Gasteiger partial charge in [-0.25, -0.2) is 10.8 Å². The monoisotopic (exact) mass is 355 g/mol. The standard InChI is InChI=1S/C13H15BrClN5/c1-8(9-5-3-4-6-11(9)15)20(2)12-10(14)7-17-13(18-12)19-16/h3-8H,16H2,1-2H3,(H,17,18,19). The Bertz CT molecular complexity index is 607. The summed E-state index contributed by atoms with van der Waals surface area (Å²) in [4.78, 5) is 10.4. The molecule has 7 heteroatoms. The molecular weight excluding hydrogens is 342 g/mol. The molecule has 0 spiro atoms. The summed E-state index contributed by atoms with van der Waals surface area (Å²) in [7, 11) is 1.95. The second-order valence-corrected chi connectivity index (χ2v) is 5.58. The Morgan fingerprint density at radius 1 is 1.40 bits per heavy atom. The van der Waals surface area contributed by atoms with Gasteiger partial charge in [0.15, 0.2) is 0 Å². The first-order chi connectivity index (χ1) is 9.54. The van der Waals surface area contributed by atoms with Crippen LogP contribution in [0.1, 0.15) is 18.5 Å². The molecule has 0 amide bonds. The number of hydrogen-bond acceptors (Lipinski definition) is 5. The van der Waals surface area contributed by atoms with E-state index in [2.05, 4.69) is 38.2 Å². The minimum Gasteiger partial charge on any atom is -0.352 e. The highest BCUT2D eigenvalue weighted by atomic mass is 79.9. The first kappa shape index (κ1) is 15.0. The van der Waals surface area contributed by atoms with E-state index in [9.17, 15) is 0 Å². The molecule has 1 heterocycles. The van der Waals surface area contributed by atoms with Crippen LogP contribution in [0.4, 0.5) is 11.8 Å². The second kappa shape index (κ2) is 6.39. The van der Waals surface area contributed by atoms with Crippen LogP contribution in [0.15, 0.2) is 34.9 Å². The molecule has 5 nitrogen and oxygen atoms in total. The number of nitrogen functional groups attached to an aromatic ring is 1. The molecule has 0 aliphatic heterocycles. The van der Waals surface area contributed by atoms with Gasteiger partial charge >= 0.3 is 0 Å². The molecule has 0 bridgehead atoms. The van der Waals surface area contributed by atoms with Gasteiger partial charge in [-0.3, -0.25) is 5.43 Å². The van der Waals surface area contributed by atoms with E-state index in [1.165, 1.54) is 0 Å². The summed E-state index contributed by atoms with van der Waals surface area (Å²) in [5, 5.41) is 0.731. The van der Waals surface area contributed by atoms with Gasteiger partial charge in [0, 0.05) is 18.3 Å². The third kappa shape index (κ3) is 3.03. The minimum absolute atomic E-state index is 0.0560. The van der Waals surface area contributed by atoms with Crippen molar-refractivity contribution >= 4 is 39.3 Å². The number of rotatable bonds is 4. The topological polar surface area (TPSA) is 67.1 Å². The van der Waals surface area contributed by atoms with E-state index < -0.39 is 0 Å². The Morgan fingerprint density at radius 2 is 2.10 bits per heavy atom. The first-order valence-electron chi connectivity index (χ1n) is 6.01. The minimum atomic E-state index is 0.0560. The number of nitrogens with zero attached hydrogens (tertiary/aromatic N) is 3. The number of nitrogens with one attached hydrogen (secondary N) is 1. The van der Waals surface area contributed by atoms with Gasteiger partial charge in [0.2, 0.25) is 5.95 Å². The van der Waals surface area contributed by atoms with Crippen molar-refractivity contribution in [1.29, 1.82) is 0 Å². The highest BCUT2D eigenvalue weighted by Gasteiger charge is 2.18. The SMILES string of the molecule is CC(c1ccccc1Cl)N(C)c1nc(NN)ncc1Br. The van der Waals surface area contributed by atoms with Gasteiger partial charge in [0.25, 0.3) is 0 Å². The summed E-state index contributed by atoms with van der Waals surface area (Å²) in [6.45, 7) is 2.06. The highest BCUT2D eigenvalue weighted by Crippen LogP contribution is 2.32. The molecule has 1 aromatic carbocycles. The third-order valence-electron chi connectivity index (χ3n) is 3.13. The van der Waals surface area contributed by atoms with Gasteiger partial charge in [0.05, 0.1) is 10.5 Å². The van der Waals surface area contributed by atoms with Crippen molar-refractivity contribution in [3.63, 3.8) is 0 Å². The molecule has 1 aromatic heterocycles. The lowest BCUT2D eigenvalue weighted by Crippen LogP contribution is -2.24. The van der Waals surface area contributed by atoms with Crippen LogP contribution in [-0.2, 0) is 0 Å². The lowest BCUT2D eigenvalue weighted by Gasteiger charge is -2.27. The van der Waals surface area contributed by atoms with E-state index in [0.29, 0.717) is 5.95 Å². The Balaban J connectivity index is 2.36. The molecule has 106 valence electrons. The van der Waals surface area contributed by atoms with Gasteiger partial charge < -0.3 is 4.90 Å².